The van der Waals surface area contributed by atoms with Gasteiger partial charge in [-0.2, -0.15) is 0 Å². The molecule has 14 heavy (non-hydrogen) atoms. The van der Waals surface area contributed by atoms with Crippen molar-refractivity contribution in [3.63, 3.8) is 0 Å². The Kier molecular flexibility index (Phi) is 3.10. The molecule has 2 heterocycles. The molecule has 0 spiro atoms. The molecule has 0 bridgehead atoms. The van der Waals surface area contributed by atoms with Crippen molar-refractivity contribution in [2.24, 2.45) is 0 Å². The zero-order chi connectivity index (χ0) is 10.0. The number of rotatable bonds is 3. The Balaban J connectivity index is 1.66. The van der Waals surface area contributed by atoms with Crippen LogP contribution in [0.15, 0.2) is 0 Å². The predicted molar refractivity (Wildman–Crippen MR) is 55.4 cm³/mol. The second-order valence-corrected chi connectivity index (χ2v) is 4.99. The highest BCUT2D eigenvalue weighted by Crippen LogP contribution is 2.29. The molecule has 0 aromatic carbocycles. The van der Waals surface area contributed by atoms with E-state index in [0.717, 1.165) is 39.0 Å². The molecule has 2 atom stereocenters. The second-order valence-electron chi connectivity index (χ2n) is 4.99. The van der Waals surface area contributed by atoms with Crippen LogP contribution in [0.2, 0.25) is 0 Å². The molecule has 2 aliphatic heterocycles. The summed E-state index contributed by atoms with van der Waals surface area (Å²) in [7, 11) is 0. The topological polar surface area (TPSA) is 30.5 Å². The van der Waals surface area contributed by atoms with E-state index < -0.39 is 0 Å². The van der Waals surface area contributed by atoms with Gasteiger partial charge >= 0.3 is 0 Å². The van der Waals surface area contributed by atoms with E-state index in [1.54, 1.807) is 0 Å². The van der Waals surface area contributed by atoms with Gasteiger partial charge in [-0.25, -0.2) is 0 Å². The van der Waals surface area contributed by atoms with Crippen LogP contribution >= 0.6 is 0 Å². The summed E-state index contributed by atoms with van der Waals surface area (Å²) in [6.07, 6.45) is 4.20. The molecule has 2 unspecified atom stereocenters. The van der Waals surface area contributed by atoms with Crippen LogP contribution in [0.25, 0.3) is 0 Å². The molecule has 0 aliphatic carbocycles. The van der Waals surface area contributed by atoms with Gasteiger partial charge in [0, 0.05) is 6.54 Å². The lowest BCUT2D eigenvalue weighted by atomic mass is 10.1. The Hall–Kier alpha value is -0.120. The van der Waals surface area contributed by atoms with E-state index in [1.807, 2.05) is 0 Å². The summed E-state index contributed by atoms with van der Waals surface area (Å²) in [6, 6.07) is 0. The molecule has 2 fully saturated rings. The van der Waals surface area contributed by atoms with Crippen LogP contribution in [0.3, 0.4) is 0 Å². The van der Waals surface area contributed by atoms with Crippen molar-refractivity contribution in [1.29, 1.82) is 0 Å². The molecule has 0 amide bonds. The molecule has 0 radical (unpaired) electrons. The highest BCUT2D eigenvalue weighted by atomic mass is 16.6. The number of hydrogen-bond donors (Lipinski definition) is 1. The first-order valence-electron chi connectivity index (χ1n) is 5.66. The van der Waals surface area contributed by atoms with Gasteiger partial charge in [0.25, 0.3) is 0 Å². The summed E-state index contributed by atoms with van der Waals surface area (Å²) in [5.41, 5.74) is 0.0714. The van der Waals surface area contributed by atoms with Crippen LogP contribution in [-0.2, 0) is 9.47 Å². The maximum atomic E-state index is 5.86. The van der Waals surface area contributed by atoms with E-state index in [9.17, 15) is 0 Å². The standard InChI is InChI=1S/C11H21NO2/c1-11(2)5-3-10(14-11)8-13-9-4-6-12-7-9/h9-10,12H,3-8H2,1-2H3. The van der Waals surface area contributed by atoms with Crippen molar-refractivity contribution < 1.29 is 9.47 Å². The van der Waals surface area contributed by atoms with E-state index in [4.69, 9.17) is 9.47 Å². The summed E-state index contributed by atoms with van der Waals surface area (Å²) >= 11 is 0. The van der Waals surface area contributed by atoms with Crippen molar-refractivity contribution in [3.8, 4) is 0 Å². The highest BCUT2D eigenvalue weighted by Gasteiger charge is 2.32. The largest absolute Gasteiger partial charge is 0.374 e. The van der Waals surface area contributed by atoms with Crippen LogP contribution in [0, 0.1) is 0 Å². The maximum Gasteiger partial charge on any atom is 0.0817 e. The predicted octanol–water partition coefficient (Wildman–Crippen LogP) is 1.32. The van der Waals surface area contributed by atoms with Crippen LogP contribution in [0.1, 0.15) is 33.1 Å². The SMILES string of the molecule is CC1(C)CCC(COC2CCNC2)O1. The number of nitrogens with one attached hydrogen (secondary N) is 1. The first kappa shape index (κ1) is 10.4. The van der Waals surface area contributed by atoms with Gasteiger partial charge in [0.1, 0.15) is 0 Å². The Morgan fingerprint density at radius 1 is 1.43 bits per heavy atom. The minimum atomic E-state index is 0.0714. The van der Waals surface area contributed by atoms with E-state index in [0.29, 0.717) is 12.2 Å². The molecule has 82 valence electrons. The minimum Gasteiger partial charge on any atom is -0.374 e. The normalized spacial score (nSPS) is 36.4. The summed E-state index contributed by atoms with van der Waals surface area (Å²) in [5.74, 6) is 0. The molecular formula is C11H21NO2. The summed E-state index contributed by atoms with van der Waals surface area (Å²) in [5, 5.41) is 3.30. The molecule has 2 aliphatic rings. The molecule has 3 nitrogen and oxygen atoms in total. The Morgan fingerprint density at radius 2 is 2.29 bits per heavy atom. The van der Waals surface area contributed by atoms with Crippen molar-refractivity contribution in [1.82, 2.24) is 5.32 Å². The maximum absolute atomic E-state index is 5.86. The lowest BCUT2D eigenvalue weighted by Crippen LogP contribution is -2.26. The zero-order valence-electron chi connectivity index (χ0n) is 9.21. The first-order valence-corrected chi connectivity index (χ1v) is 5.66. The lowest BCUT2D eigenvalue weighted by Gasteiger charge is -2.20. The molecule has 0 saturated carbocycles. The third-order valence-electron chi connectivity index (χ3n) is 3.09. The van der Waals surface area contributed by atoms with Crippen LogP contribution in [-0.4, -0.2) is 37.5 Å². The number of hydrogen-bond acceptors (Lipinski definition) is 3. The fourth-order valence-electron chi connectivity index (χ4n) is 2.21. The van der Waals surface area contributed by atoms with E-state index in [1.165, 1.54) is 0 Å². The molecule has 0 aromatic heterocycles. The van der Waals surface area contributed by atoms with Crippen LogP contribution < -0.4 is 5.32 Å². The molecule has 2 rings (SSSR count). The van der Waals surface area contributed by atoms with Crippen molar-refractivity contribution in [2.75, 3.05) is 19.7 Å². The van der Waals surface area contributed by atoms with Crippen molar-refractivity contribution >= 4 is 0 Å². The van der Waals surface area contributed by atoms with Gasteiger partial charge < -0.3 is 14.8 Å². The average molecular weight is 199 g/mol. The Labute approximate surface area is 86.2 Å². The van der Waals surface area contributed by atoms with Gasteiger partial charge in [-0.15, -0.1) is 0 Å². The monoisotopic (exact) mass is 199 g/mol. The third kappa shape index (κ3) is 2.69. The summed E-state index contributed by atoms with van der Waals surface area (Å²) in [4.78, 5) is 0. The van der Waals surface area contributed by atoms with E-state index >= 15 is 0 Å². The van der Waals surface area contributed by atoms with E-state index in [2.05, 4.69) is 19.2 Å². The third-order valence-corrected chi connectivity index (χ3v) is 3.09. The van der Waals surface area contributed by atoms with Gasteiger partial charge in [-0.05, 0) is 39.7 Å². The van der Waals surface area contributed by atoms with E-state index in [-0.39, 0.29) is 5.60 Å². The van der Waals surface area contributed by atoms with Gasteiger partial charge in [-0.1, -0.05) is 0 Å². The summed E-state index contributed by atoms with van der Waals surface area (Å²) in [6.45, 7) is 7.20. The van der Waals surface area contributed by atoms with Gasteiger partial charge in [0.15, 0.2) is 0 Å². The summed E-state index contributed by atoms with van der Waals surface area (Å²) < 4.78 is 11.7. The average Bonchev–Trinajstić information content (AvgIpc) is 2.70. The Morgan fingerprint density at radius 3 is 2.86 bits per heavy atom. The zero-order valence-corrected chi connectivity index (χ0v) is 9.21. The van der Waals surface area contributed by atoms with Gasteiger partial charge in [0.05, 0.1) is 24.4 Å². The lowest BCUT2D eigenvalue weighted by molar-refractivity contribution is -0.0666. The fraction of sp³-hybridized carbons (Fsp3) is 1.00. The smallest absolute Gasteiger partial charge is 0.0817 e. The second kappa shape index (κ2) is 4.17. The molecule has 0 aromatic rings. The fourth-order valence-corrected chi connectivity index (χ4v) is 2.21. The van der Waals surface area contributed by atoms with Crippen LogP contribution in [0.4, 0.5) is 0 Å². The van der Waals surface area contributed by atoms with Gasteiger partial charge in [0.2, 0.25) is 0 Å². The molecule has 3 heteroatoms. The quantitative estimate of drug-likeness (QED) is 0.743. The molecule has 2 saturated heterocycles. The highest BCUT2D eigenvalue weighted by molar-refractivity contribution is 4.81. The van der Waals surface area contributed by atoms with Gasteiger partial charge in [-0.3, -0.25) is 0 Å². The molecule has 1 N–H and O–H groups in total. The van der Waals surface area contributed by atoms with Crippen LogP contribution in [0.5, 0.6) is 0 Å². The minimum absolute atomic E-state index is 0.0714. The van der Waals surface area contributed by atoms with Crippen molar-refractivity contribution in [3.05, 3.63) is 0 Å². The number of ether oxygens (including phenoxy) is 2. The Bertz CT molecular complexity index is 188. The first-order chi connectivity index (χ1) is 6.66. The molecular weight excluding hydrogens is 178 g/mol. The van der Waals surface area contributed by atoms with Crippen molar-refractivity contribution in [2.45, 2.75) is 50.9 Å².